The van der Waals surface area contributed by atoms with Crippen molar-refractivity contribution in [2.45, 2.75) is 12.2 Å². The van der Waals surface area contributed by atoms with E-state index in [1.54, 1.807) is 6.07 Å². The number of hydrogen-bond donors (Lipinski definition) is 0. The Morgan fingerprint density at radius 1 is 1.26 bits per heavy atom. The van der Waals surface area contributed by atoms with Crippen LogP contribution in [0, 0.1) is 0 Å². The monoisotopic (exact) mass is 272 g/mol. The van der Waals surface area contributed by atoms with E-state index in [2.05, 4.69) is 12.2 Å². The second kappa shape index (κ2) is 5.05. The van der Waals surface area contributed by atoms with E-state index in [4.69, 9.17) is 4.42 Å². The minimum Gasteiger partial charge on any atom is -0.422 e. The van der Waals surface area contributed by atoms with Gasteiger partial charge in [-0.2, -0.15) is 11.8 Å². The molecule has 1 aromatic heterocycles. The van der Waals surface area contributed by atoms with Crippen LogP contribution in [0.5, 0.6) is 0 Å². The van der Waals surface area contributed by atoms with Crippen molar-refractivity contribution in [3.05, 3.63) is 51.4 Å². The van der Waals surface area contributed by atoms with Gasteiger partial charge in [-0.25, -0.2) is 4.79 Å². The highest BCUT2D eigenvalue weighted by Crippen LogP contribution is 2.26. The second-order valence-corrected chi connectivity index (χ2v) is 5.54. The number of aldehydes is 1. The van der Waals surface area contributed by atoms with E-state index in [-0.39, 0.29) is 5.56 Å². The van der Waals surface area contributed by atoms with Crippen molar-refractivity contribution >= 4 is 35.1 Å². The Kier molecular flexibility index (Phi) is 3.25. The van der Waals surface area contributed by atoms with Gasteiger partial charge in [-0.05, 0) is 41.5 Å². The Labute approximate surface area is 114 Å². The topological polar surface area (TPSA) is 47.3 Å². The molecule has 0 unspecified atom stereocenters. The van der Waals surface area contributed by atoms with E-state index in [1.165, 1.54) is 5.56 Å². The van der Waals surface area contributed by atoms with Gasteiger partial charge < -0.3 is 4.42 Å². The van der Waals surface area contributed by atoms with Gasteiger partial charge in [0.15, 0.2) is 6.29 Å². The number of carbonyl (C=O) groups is 1. The van der Waals surface area contributed by atoms with Crippen molar-refractivity contribution in [1.82, 2.24) is 0 Å². The fourth-order valence-corrected chi connectivity index (χ4v) is 3.07. The van der Waals surface area contributed by atoms with Crippen molar-refractivity contribution in [1.29, 1.82) is 0 Å². The highest BCUT2D eigenvalue weighted by Gasteiger charge is 2.09. The van der Waals surface area contributed by atoms with Crippen molar-refractivity contribution in [2.24, 2.45) is 0 Å². The third-order valence-electron chi connectivity index (χ3n) is 3.13. The van der Waals surface area contributed by atoms with Gasteiger partial charge in [0, 0.05) is 11.1 Å². The molecule has 0 spiro atoms. The van der Waals surface area contributed by atoms with Crippen LogP contribution in [0.4, 0.5) is 0 Å². The largest absolute Gasteiger partial charge is 0.422 e. The van der Waals surface area contributed by atoms with Crippen molar-refractivity contribution in [2.75, 3.05) is 5.75 Å². The van der Waals surface area contributed by atoms with Crippen LogP contribution < -0.4 is 5.63 Å². The lowest BCUT2D eigenvalue weighted by Crippen LogP contribution is -2.06. The van der Waals surface area contributed by atoms with Crippen molar-refractivity contribution < 1.29 is 9.21 Å². The third-order valence-corrected chi connectivity index (χ3v) is 4.17. The predicted octanol–water partition coefficient (Wildman–Crippen LogP) is 3.26. The Morgan fingerprint density at radius 2 is 2.16 bits per heavy atom. The van der Waals surface area contributed by atoms with Gasteiger partial charge in [0.1, 0.15) is 11.1 Å². The molecule has 4 heteroatoms. The molecule has 1 aliphatic rings. The summed E-state index contributed by atoms with van der Waals surface area (Å²) in [4.78, 5) is 22.3. The summed E-state index contributed by atoms with van der Waals surface area (Å²) in [5.41, 5.74) is 2.32. The molecular weight excluding hydrogens is 260 g/mol. The van der Waals surface area contributed by atoms with E-state index in [1.807, 2.05) is 23.9 Å². The molecule has 0 saturated heterocycles. The van der Waals surface area contributed by atoms with Crippen LogP contribution in [0.25, 0.3) is 17.0 Å². The fourth-order valence-electron chi connectivity index (χ4n) is 2.15. The maximum atomic E-state index is 11.5. The second-order valence-electron chi connectivity index (χ2n) is 4.44. The molecule has 96 valence electrons. The molecule has 1 aromatic carbocycles. The number of hydrogen-bond acceptors (Lipinski definition) is 4. The smallest absolute Gasteiger partial charge is 0.346 e. The predicted molar refractivity (Wildman–Crippen MR) is 77.7 cm³/mol. The molecule has 0 fully saturated rings. The Bertz CT molecular complexity index is 728. The molecule has 3 nitrogen and oxygen atoms in total. The number of rotatable bonds is 1. The average molecular weight is 272 g/mol. The molecule has 0 N–H and O–H groups in total. The summed E-state index contributed by atoms with van der Waals surface area (Å²) in [6.07, 6.45) is 5.80. The van der Waals surface area contributed by atoms with Gasteiger partial charge in [0.2, 0.25) is 0 Å². The molecule has 0 radical (unpaired) electrons. The summed E-state index contributed by atoms with van der Waals surface area (Å²) in [6.45, 7) is 0. The molecule has 1 aliphatic heterocycles. The Morgan fingerprint density at radius 3 is 3.00 bits per heavy atom. The van der Waals surface area contributed by atoms with Gasteiger partial charge in [0.25, 0.3) is 0 Å². The summed E-state index contributed by atoms with van der Waals surface area (Å²) in [6, 6.07) is 5.48. The van der Waals surface area contributed by atoms with Crippen LogP contribution >= 0.6 is 11.8 Å². The maximum Gasteiger partial charge on any atom is 0.346 e. The molecule has 3 rings (SSSR count). The zero-order chi connectivity index (χ0) is 13.2. The van der Waals surface area contributed by atoms with Crippen LogP contribution in [0.3, 0.4) is 0 Å². The summed E-state index contributed by atoms with van der Waals surface area (Å²) < 4.78 is 5.19. The maximum absolute atomic E-state index is 11.5. The molecule has 0 amide bonds. The number of fused-ring (bicyclic) bond motifs is 2. The molecule has 19 heavy (non-hydrogen) atoms. The highest BCUT2D eigenvalue weighted by atomic mass is 32.2. The van der Waals surface area contributed by atoms with Gasteiger partial charge >= 0.3 is 5.63 Å². The fraction of sp³-hybridized carbons (Fsp3) is 0.200. The van der Waals surface area contributed by atoms with E-state index in [9.17, 15) is 9.59 Å². The van der Waals surface area contributed by atoms with Gasteiger partial charge in [-0.3, -0.25) is 4.79 Å². The highest BCUT2D eigenvalue weighted by molar-refractivity contribution is 7.98. The quantitative estimate of drug-likeness (QED) is 0.590. The Hall–Kier alpha value is -1.81. The minimum absolute atomic E-state index is 0.0708. The molecule has 2 aromatic rings. The lowest BCUT2D eigenvalue weighted by Gasteiger charge is -2.10. The van der Waals surface area contributed by atoms with Crippen molar-refractivity contribution in [3.8, 4) is 0 Å². The zero-order valence-corrected chi connectivity index (χ0v) is 11.0. The molecule has 0 aliphatic carbocycles. The molecule has 0 saturated carbocycles. The van der Waals surface area contributed by atoms with E-state index >= 15 is 0 Å². The first kappa shape index (κ1) is 12.2. The normalized spacial score (nSPS) is 16.4. The van der Waals surface area contributed by atoms with E-state index in [0.717, 1.165) is 28.9 Å². The van der Waals surface area contributed by atoms with Crippen LogP contribution in [0.1, 0.15) is 27.9 Å². The van der Waals surface area contributed by atoms with Gasteiger partial charge in [-0.15, -0.1) is 0 Å². The van der Waals surface area contributed by atoms with Crippen LogP contribution in [-0.4, -0.2) is 12.0 Å². The molecule has 2 heterocycles. The molecule has 0 bridgehead atoms. The minimum atomic E-state index is -0.577. The summed E-state index contributed by atoms with van der Waals surface area (Å²) in [5, 5.41) is 0.801. The number of carbonyl (C=O) groups excluding carboxylic acids is 1. The number of thioether (sulfide) groups is 1. The lowest BCUT2D eigenvalue weighted by atomic mass is 10.0. The standard InChI is InChI=1S/C15H12O3S/c16-8-12-5-11-6-13-9-19-4-2-1-3-10(13)7-14(11)18-15(12)17/h1,3,5-8H,2,4,9H2/b3-1-. The van der Waals surface area contributed by atoms with Crippen LogP contribution in [0.15, 0.2) is 33.5 Å². The van der Waals surface area contributed by atoms with Crippen molar-refractivity contribution in [3.63, 3.8) is 0 Å². The first-order chi connectivity index (χ1) is 9.28. The molecular formula is C15H12O3S. The zero-order valence-electron chi connectivity index (χ0n) is 10.2. The first-order valence-corrected chi connectivity index (χ1v) is 7.23. The summed E-state index contributed by atoms with van der Waals surface area (Å²) >= 11 is 1.88. The van der Waals surface area contributed by atoms with Gasteiger partial charge in [0.05, 0.1) is 0 Å². The SMILES string of the molecule is O=Cc1cc2cc3c(cc2oc1=O)/C=C\CCSC3. The van der Waals surface area contributed by atoms with E-state index < -0.39 is 5.63 Å². The number of benzene rings is 1. The van der Waals surface area contributed by atoms with Crippen LogP contribution in [0.2, 0.25) is 0 Å². The average Bonchev–Trinajstić information content (AvgIpc) is 2.38. The first-order valence-electron chi connectivity index (χ1n) is 6.08. The number of allylic oxidation sites excluding steroid dienone is 1. The third kappa shape index (κ3) is 2.36. The van der Waals surface area contributed by atoms with E-state index in [0.29, 0.717) is 11.9 Å². The molecule has 0 atom stereocenters. The lowest BCUT2D eigenvalue weighted by molar-refractivity contribution is 0.112. The van der Waals surface area contributed by atoms with Crippen LogP contribution in [-0.2, 0) is 5.75 Å². The van der Waals surface area contributed by atoms with Gasteiger partial charge in [-0.1, -0.05) is 12.2 Å². The summed E-state index contributed by atoms with van der Waals surface area (Å²) in [7, 11) is 0. The Balaban J connectivity index is 2.25. The summed E-state index contributed by atoms with van der Waals surface area (Å²) in [5.74, 6) is 2.04.